The molecule has 1 amide bonds. The number of methoxy groups -OCH3 is 1. The molecule has 122 valence electrons. The predicted octanol–water partition coefficient (Wildman–Crippen LogP) is 3.49. The van der Waals surface area contributed by atoms with Crippen LogP contribution in [0.15, 0.2) is 18.2 Å². The topological polar surface area (TPSA) is 73.6 Å². The molecule has 1 aliphatic carbocycles. The molecule has 1 aromatic rings. The molecule has 0 aromatic heterocycles. The molecular formula is C17H26N2O3. The van der Waals surface area contributed by atoms with Gasteiger partial charge in [0.25, 0.3) is 0 Å². The maximum absolute atomic E-state index is 11.9. The van der Waals surface area contributed by atoms with E-state index in [4.69, 9.17) is 15.2 Å². The zero-order valence-corrected chi connectivity index (χ0v) is 14.2. The van der Waals surface area contributed by atoms with Gasteiger partial charge in [0.05, 0.1) is 7.11 Å². The molecule has 1 aromatic carbocycles. The highest BCUT2D eigenvalue weighted by atomic mass is 16.6. The van der Waals surface area contributed by atoms with Gasteiger partial charge in [0, 0.05) is 23.2 Å². The lowest BCUT2D eigenvalue weighted by atomic mass is 10.0. The number of anilines is 1. The molecule has 0 spiro atoms. The Balaban J connectivity index is 2.20. The van der Waals surface area contributed by atoms with Gasteiger partial charge >= 0.3 is 6.09 Å². The van der Waals surface area contributed by atoms with Crippen molar-refractivity contribution in [2.24, 2.45) is 11.1 Å². The number of benzene rings is 1. The number of nitrogens with two attached hydrogens (primary N) is 1. The molecule has 2 rings (SSSR count). The van der Waals surface area contributed by atoms with Crippen molar-refractivity contribution >= 4 is 11.8 Å². The third-order valence-corrected chi connectivity index (χ3v) is 4.12. The van der Waals surface area contributed by atoms with Crippen LogP contribution in [0, 0.1) is 5.41 Å². The third kappa shape index (κ3) is 3.35. The van der Waals surface area contributed by atoms with E-state index in [9.17, 15) is 4.79 Å². The fraction of sp³-hybridized carbons (Fsp3) is 0.588. The van der Waals surface area contributed by atoms with Gasteiger partial charge in [-0.3, -0.25) is 5.32 Å². The molecule has 3 N–H and O–H groups in total. The van der Waals surface area contributed by atoms with Crippen LogP contribution >= 0.6 is 0 Å². The molecular weight excluding hydrogens is 280 g/mol. The van der Waals surface area contributed by atoms with E-state index in [-0.39, 0.29) is 17.4 Å². The smallest absolute Gasteiger partial charge is 0.412 e. The summed E-state index contributed by atoms with van der Waals surface area (Å²) >= 11 is 0. The first kappa shape index (κ1) is 16.6. The predicted molar refractivity (Wildman–Crippen MR) is 87.3 cm³/mol. The SMILES string of the molecule is COc1ccc(NC(=O)OC(C)(C)C)cc1C1C(N)C1(C)C. The van der Waals surface area contributed by atoms with Gasteiger partial charge in [-0.05, 0) is 44.4 Å². The number of rotatable bonds is 3. The second-order valence-corrected chi connectivity index (χ2v) is 7.41. The summed E-state index contributed by atoms with van der Waals surface area (Å²) in [4.78, 5) is 11.9. The molecule has 0 radical (unpaired) electrons. The van der Waals surface area contributed by atoms with E-state index in [0.717, 1.165) is 11.3 Å². The highest BCUT2D eigenvalue weighted by molar-refractivity contribution is 5.85. The molecule has 22 heavy (non-hydrogen) atoms. The molecule has 1 fully saturated rings. The molecule has 5 nitrogen and oxygen atoms in total. The van der Waals surface area contributed by atoms with Crippen molar-refractivity contribution in [2.75, 3.05) is 12.4 Å². The van der Waals surface area contributed by atoms with Crippen molar-refractivity contribution in [3.05, 3.63) is 23.8 Å². The number of carbonyl (C=O) groups excluding carboxylic acids is 1. The fourth-order valence-electron chi connectivity index (χ4n) is 2.75. The van der Waals surface area contributed by atoms with Crippen LogP contribution in [0.4, 0.5) is 10.5 Å². The Labute approximate surface area is 132 Å². The molecule has 0 saturated heterocycles. The van der Waals surface area contributed by atoms with Crippen molar-refractivity contribution in [1.82, 2.24) is 0 Å². The van der Waals surface area contributed by atoms with Gasteiger partial charge in [-0.15, -0.1) is 0 Å². The van der Waals surface area contributed by atoms with Crippen LogP contribution in [0.3, 0.4) is 0 Å². The summed E-state index contributed by atoms with van der Waals surface area (Å²) < 4.78 is 10.7. The van der Waals surface area contributed by atoms with Gasteiger partial charge in [0.1, 0.15) is 11.4 Å². The Hall–Kier alpha value is -1.75. The van der Waals surface area contributed by atoms with Crippen LogP contribution in [0.1, 0.15) is 46.1 Å². The number of amides is 1. The monoisotopic (exact) mass is 306 g/mol. The number of hydrogen-bond acceptors (Lipinski definition) is 4. The lowest BCUT2D eigenvalue weighted by molar-refractivity contribution is 0.0636. The van der Waals surface area contributed by atoms with Crippen LogP contribution in [-0.2, 0) is 4.74 Å². The van der Waals surface area contributed by atoms with E-state index in [1.807, 2.05) is 32.9 Å². The lowest BCUT2D eigenvalue weighted by Crippen LogP contribution is -2.27. The van der Waals surface area contributed by atoms with E-state index in [0.29, 0.717) is 5.69 Å². The van der Waals surface area contributed by atoms with Gasteiger partial charge in [-0.1, -0.05) is 13.8 Å². The summed E-state index contributed by atoms with van der Waals surface area (Å²) in [5.74, 6) is 1.02. The lowest BCUT2D eigenvalue weighted by Gasteiger charge is -2.20. The molecule has 2 unspecified atom stereocenters. The molecule has 2 atom stereocenters. The number of carbonyl (C=O) groups is 1. The minimum Gasteiger partial charge on any atom is -0.496 e. The van der Waals surface area contributed by atoms with E-state index >= 15 is 0 Å². The zero-order valence-electron chi connectivity index (χ0n) is 14.2. The van der Waals surface area contributed by atoms with Crippen molar-refractivity contribution in [1.29, 1.82) is 0 Å². The Morgan fingerprint density at radius 2 is 1.91 bits per heavy atom. The van der Waals surface area contributed by atoms with Gasteiger partial charge in [-0.2, -0.15) is 0 Å². The Morgan fingerprint density at radius 1 is 1.32 bits per heavy atom. The third-order valence-electron chi connectivity index (χ3n) is 4.12. The quantitative estimate of drug-likeness (QED) is 0.896. The molecule has 0 bridgehead atoms. The average molecular weight is 306 g/mol. The van der Waals surface area contributed by atoms with Crippen molar-refractivity contribution in [3.8, 4) is 5.75 Å². The summed E-state index contributed by atoms with van der Waals surface area (Å²) in [5.41, 5.74) is 7.38. The summed E-state index contributed by atoms with van der Waals surface area (Å²) in [6, 6.07) is 5.66. The fourth-order valence-corrected chi connectivity index (χ4v) is 2.75. The van der Waals surface area contributed by atoms with Crippen molar-refractivity contribution in [3.63, 3.8) is 0 Å². The van der Waals surface area contributed by atoms with Gasteiger partial charge in [0.15, 0.2) is 0 Å². The van der Waals surface area contributed by atoms with E-state index < -0.39 is 11.7 Å². The van der Waals surface area contributed by atoms with Gasteiger partial charge < -0.3 is 15.2 Å². The molecule has 5 heteroatoms. The van der Waals surface area contributed by atoms with Crippen LogP contribution < -0.4 is 15.8 Å². The van der Waals surface area contributed by atoms with E-state index in [2.05, 4.69) is 19.2 Å². The van der Waals surface area contributed by atoms with Crippen LogP contribution in [0.25, 0.3) is 0 Å². The first-order chi connectivity index (χ1) is 10.1. The van der Waals surface area contributed by atoms with Gasteiger partial charge in [-0.25, -0.2) is 4.79 Å². The first-order valence-electron chi connectivity index (χ1n) is 7.50. The summed E-state index contributed by atoms with van der Waals surface area (Å²) in [6.07, 6.45) is -0.469. The normalized spacial score (nSPS) is 22.9. The van der Waals surface area contributed by atoms with Crippen LogP contribution in [0.5, 0.6) is 5.75 Å². The first-order valence-corrected chi connectivity index (χ1v) is 7.50. The van der Waals surface area contributed by atoms with Crippen molar-refractivity contribution < 1.29 is 14.3 Å². The largest absolute Gasteiger partial charge is 0.496 e. The Kier molecular flexibility index (Phi) is 4.13. The second-order valence-electron chi connectivity index (χ2n) is 7.41. The average Bonchev–Trinajstić information content (AvgIpc) is 2.85. The highest BCUT2D eigenvalue weighted by Gasteiger charge is 2.57. The van der Waals surface area contributed by atoms with Crippen LogP contribution in [0.2, 0.25) is 0 Å². The van der Waals surface area contributed by atoms with E-state index in [1.54, 1.807) is 13.2 Å². The number of ether oxygens (including phenoxy) is 2. The summed E-state index contributed by atoms with van der Waals surface area (Å²) in [7, 11) is 1.64. The van der Waals surface area contributed by atoms with Crippen LogP contribution in [-0.4, -0.2) is 24.8 Å². The molecule has 1 aliphatic rings. The maximum atomic E-state index is 11.9. The zero-order chi connectivity index (χ0) is 16.7. The standard InChI is InChI=1S/C17H26N2O3/c1-16(2,3)22-15(20)19-10-7-8-12(21-6)11(9-10)13-14(18)17(13,4)5/h7-9,13-14H,18H2,1-6H3,(H,19,20). The second kappa shape index (κ2) is 5.47. The maximum Gasteiger partial charge on any atom is 0.412 e. The minimum atomic E-state index is -0.528. The summed E-state index contributed by atoms with van der Waals surface area (Å²) in [6.45, 7) is 9.76. The molecule has 0 aliphatic heterocycles. The Bertz CT molecular complexity index is 576. The molecule has 0 heterocycles. The number of nitrogens with one attached hydrogen (secondary N) is 1. The molecule has 1 saturated carbocycles. The highest BCUT2D eigenvalue weighted by Crippen LogP contribution is 2.59. The van der Waals surface area contributed by atoms with Crippen molar-refractivity contribution in [2.45, 2.75) is 52.2 Å². The minimum absolute atomic E-state index is 0.0395. The summed E-state index contributed by atoms with van der Waals surface area (Å²) in [5, 5.41) is 2.76. The number of hydrogen-bond donors (Lipinski definition) is 2. The van der Waals surface area contributed by atoms with E-state index in [1.165, 1.54) is 0 Å². The van der Waals surface area contributed by atoms with Gasteiger partial charge in [0.2, 0.25) is 0 Å². The Morgan fingerprint density at radius 3 is 2.36 bits per heavy atom.